The van der Waals surface area contributed by atoms with Crippen LogP contribution in [0.15, 0.2) is 49.2 Å². The lowest BCUT2D eigenvalue weighted by Crippen LogP contribution is -2.00. The van der Waals surface area contributed by atoms with Crippen molar-refractivity contribution in [2.75, 3.05) is 0 Å². The number of pyridine rings is 2. The maximum absolute atomic E-state index is 13.2. The molecule has 0 N–H and O–H groups in total. The van der Waals surface area contributed by atoms with Crippen LogP contribution in [0.2, 0.25) is 0 Å². The Bertz CT molecular complexity index is 996. The average Bonchev–Trinajstić information content (AvgIpc) is 3.03. The number of rotatable bonds is 2. The second kappa shape index (κ2) is 5.20. The molecule has 6 nitrogen and oxygen atoms in total. The molecule has 0 saturated heterocycles. The van der Waals surface area contributed by atoms with E-state index in [1.807, 2.05) is 25.1 Å². The van der Waals surface area contributed by atoms with Crippen molar-refractivity contribution in [2.24, 2.45) is 0 Å². The summed E-state index contributed by atoms with van der Waals surface area (Å²) in [5, 5.41) is 4.21. The molecule has 0 amide bonds. The van der Waals surface area contributed by atoms with Gasteiger partial charge in [0.2, 0.25) is 5.95 Å². The molecule has 4 heterocycles. The predicted octanol–water partition coefficient (Wildman–Crippen LogP) is 2.70. The van der Waals surface area contributed by atoms with Gasteiger partial charge in [0.05, 0.1) is 11.4 Å². The van der Waals surface area contributed by atoms with Crippen molar-refractivity contribution in [3.8, 4) is 22.5 Å². The first-order valence-corrected chi connectivity index (χ1v) is 6.96. The molecule has 23 heavy (non-hydrogen) atoms. The van der Waals surface area contributed by atoms with Crippen molar-refractivity contribution in [3.05, 3.63) is 60.7 Å². The summed E-state index contributed by atoms with van der Waals surface area (Å²) in [4.78, 5) is 16.4. The van der Waals surface area contributed by atoms with E-state index in [-0.39, 0.29) is 0 Å². The van der Waals surface area contributed by atoms with Crippen LogP contribution in [0.3, 0.4) is 0 Å². The van der Waals surface area contributed by atoms with Crippen LogP contribution < -0.4 is 0 Å². The molecule has 0 aromatic carbocycles. The fourth-order valence-electron chi connectivity index (χ4n) is 2.47. The van der Waals surface area contributed by atoms with E-state index in [0.29, 0.717) is 11.5 Å². The minimum Gasteiger partial charge on any atom is -0.265 e. The summed E-state index contributed by atoms with van der Waals surface area (Å²) in [6, 6.07) is 7.04. The summed E-state index contributed by atoms with van der Waals surface area (Å²) in [6.07, 6.45) is 6.36. The quantitative estimate of drug-likeness (QED) is 0.533. The first-order chi connectivity index (χ1) is 11.2. The molecule has 4 rings (SSSR count). The highest BCUT2D eigenvalue weighted by molar-refractivity contribution is 5.71. The standard InChI is InChI=1S/C16H11FN6/c1-10-6-15(17)19-8-12(10)13-7-14(11-2-4-18-5-3-11)23-16(22-13)20-9-21-23/h2-9H,1H3. The second-order valence-electron chi connectivity index (χ2n) is 5.06. The van der Waals surface area contributed by atoms with Gasteiger partial charge >= 0.3 is 0 Å². The Hall–Kier alpha value is -3.22. The molecule has 4 aromatic heterocycles. The minimum atomic E-state index is -0.510. The van der Waals surface area contributed by atoms with Crippen LogP contribution in [0.1, 0.15) is 5.56 Å². The molecule has 0 radical (unpaired) electrons. The van der Waals surface area contributed by atoms with Crippen LogP contribution in [-0.4, -0.2) is 29.5 Å². The topological polar surface area (TPSA) is 68.9 Å². The Balaban J connectivity index is 1.99. The van der Waals surface area contributed by atoms with Crippen LogP contribution in [0, 0.1) is 12.9 Å². The van der Waals surface area contributed by atoms with E-state index in [2.05, 4.69) is 25.0 Å². The van der Waals surface area contributed by atoms with Crippen molar-refractivity contribution in [1.29, 1.82) is 0 Å². The molecule has 0 aliphatic rings. The molecular weight excluding hydrogens is 295 g/mol. The first kappa shape index (κ1) is 13.4. The van der Waals surface area contributed by atoms with Gasteiger partial charge in [0, 0.05) is 29.7 Å². The number of hydrogen-bond donors (Lipinski definition) is 0. The molecule has 0 unspecified atom stereocenters. The summed E-state index contributed by atoms with van der Waals surface area (Å²) in [5.74, 6) is -0.0396. The van der Waals surface area contributed by atoms with E-state index < -0.39 is 5.95 Å². The molecule has 0 bridgehead atoms. The lowest BCUT2D eigenvalue weighted by atomic mass is 10.1. The maximum Gasteiger partial charge on any atom is 0.253 e. The van der Waals surface area contributed by atoms with E-state index in [1.54, 1.807) is 16.9 Å². The van der Waals surface area contributed by atoms with Gasteiger partial charge in [-0.3, -0.25) is 4.98 Å². The summed E-state index contributed by atoms with van der Waals surface area (Å²) < 4.78 is 14.9. The maximum atomic E-state index is 13.2. The molecule has 0 aliphatic heterocycles. The van der Waals surface area contributed by atoms with Crippen molar-refractivity contribution < 1.29 is 4.39 Å². The summed E-state index contributed by atoms with van der Waals surface area (Å²) in [5.41, 5.74) is 3.95. The van der Waals surface area contributed by atoms with Gasteiger partial charge in [-0.25, -0.2) is 9.97 Å². The summed E-state index contributed by atoms with van der Waals surface area (Å²) in [7, 11) is 0. The van der Waals surface area contributed by atoms with Crippen LogP contribution in [0.4, 0.5) is 4.39 Å². The van der Waals surface area contributed by atoms with Crippen molar-refractivity contribution in [3.63, 3.8) is 0 Å². The zero-order valence-electron chi connectivity index (χ0n) is 12.2. The highest BCUT2D eigenvalue weighted by atomic mass is 19.1. The lowest BCUT2D eigenvalue weighted by molar-refractivity contribution is 0.583. The zero-order valence-corrected chi connectivity index (χ0v) is 12.2. The fraction of sp³-hybridized carbons (Fsp3) is 0.0625. The van der Waals surface area contributed by atoms with Gasteiger partial charge in [0.25, 0.3) is 5.78 Å². The van der Waals surface area contributed by atoms with Gasteiger partial charge in [-0.05, 0) is 36.8 Å². The van der Waals surface area contributed by atoms with E-state index >= 15 is 0 Å². The molecule has 4 aromatic rings. The van der Waals surface area contributed by atoms with E-state index in [4.69, 9.17) is 0 Å². The molecule has 112 valence electrons. The molecule has 0 saturated carbocycles. The van der Waals surface area contributed by atoms with Gasteiger partial charge in [0.1, 0.15) is 6.33 Å². The van der Waals surface area contributed by atoms with E-state index in [0.717, 1.165) is 22.4 Å². The van der Waals surface area contributed by atoms with Gasteiger partial charge < -0.3 is 0 Å². The summed E-state index contributed by atoms with van der Waals surface area (Å²) >= 11 is 0. The Morgan fingerprint density at radius 2 is 1.91 bits per heavy atom. The number of hydrogen-bond acceptors (Lipinski definition) is 5. The minimum absolute atomic E-state index is 0.470. The smallest absolute Gasteiger partial charge is 0.253 e. The van der Waals surface area contributed by atoms with Crippen molar-refractivity contribution >= 4 is 5.78 Å². The highest BCUT2D eigenvalue weighted by Crippen LogP contribution is 2.26. The summed E-state index contributed by atoms with van der Waals surface area (Å²) in [6.45, 7) is 1.82. The average molecular weight is 306 g/mol. The SMILES string of the molecule is Cc1cc(F)ncc1-c1cc(-c2ccncc2)n2ncnc2n1. The molecule has 0 aliphatic carbocycles. The Kier molecular flexibility index (Phi) is 3.04. The van der Waals surface area contributed by atoms with Gasteiger partial charge in [-0.15, -0.1) is 0 Å². The number of fused-ring (bicyclic) bond motifs is 1. The zero-order chi connectivity index (χ0) is 15.8. The fourth-order valence-corrected chi connectivity index (χ4v) is 2.47. The van der Waals surface area contributed by atoms with Crippen LogP contribution in [0.5, 0.6) is 0 Å². The van der Waals surface area contributed by atoms with E-state index in [1.165, 1.54) is 18.6 Å². The Morgan fingerprint density at radius 3 is 2.70 bits per heavy atom. The van der Waals surface area contributed by atoms with Gasteiger partial charge in [0.15, 0.2) is 0 Å². The normalized spacial score (nSPS) is 11.0. The van der Waals surface area contributed by atoms with Crippen LogP contribution in [-0.2, 0) is 0 Å². The van der Waals surface area contributed by atoms with E-state index in [9.17, 15) is 4.39 Å². The third-order valence-electron chi connectivity index (χ3n) is 3.58. The largest absolute Gasteiger partial charge is 0.265 e. The molecule has 0 spiro atoms. The number of halogens is 1. The van der Waals surface area contributed by atoms with Crippen LogP contribution >= 0.6 is 0 Å². The van der Waals surface area contributed by atoms with Crippen molar-refractivity contribution in [2.45, 2.75) is 6.92 Å². The number of aromatic nitrogens is 6. The third kappa shape index (κ3) is 2.32. The first-order valence-electron chi connectivity index (χ1n) is 6.96. The Morgan fingerprint density at radius 1 is 1.09 bits per heavy atom. The third-order valence-corrected chi connectivity index (χ3v) is 3.58. The molecule has 0 atom stereocenters. The predicted molar refractivity (Wildman–Crippen MR) is 81.9 cm³/mol. The molecular formula is C16H11FN6. The number of nitrogens with zero attached hydrogens (tertiary/aromatic N) is 6. The van der Waals surface area contributed by atoms with Gasteiger partial charge in [-0.2, -0.15) is 19.0 Å². The van der Waals surface area contributed by atoms with Gasteiger partial charge in [-0.1, -0.05) is 0 Å². The monoisotopic (exact) mass is 306 g/mol. The number of aryl methyl sites for hydroxylation is 1. The van der Waals surface area contributed by atoms with Crippen molar-refractivity contribution in [1.82, 2.24) is 29.5 Å². The second-order valence-corrected chi connectivity index (χ2v) is 5.06. The molecule has 0 fully saturated rings. The Labute approximate surface area is 130 Å². The lowest BCUT2D eigenvalue weighted by Gasteiger charge is -2.09. The van der Waals surface area contributed by atoms with Crippen LogP contribution in [0.25, 0.3) is 28.3 Å². The molecule has 7 heteroatoms. The highest BCUT2D eigenvalue weighted by Gasteiger charge is 2.13.